The molecule has 120 valence electrons. The van der Waals surface area contributed by atoms with Crippen LogP contribution in [0.2, 0.25) is 0 Å². The molecule has 0 atom stereocenters. The number of rotatable bonds is 4. The summed E-state index contributed by atoms with van der Waals surface area (Å²) in [6, 6.07) is 8.35. The Bertz CT molecular complexity index is 760. The average Bonchev–Trinajstić information content (AvgIpc) is 2.51. The second-order valence-electron chi connectivity index (χ2n) is 5.11. The summed E-state index contributed by atoms with van der Waals surface area (Å²) >= 11 is 0. The van der Waals surface area contributed by atoms with E-state index in [2.05, 4.69) is 10.6 Å². The van der Waals surface area contributed by atoms with Gasteiger partial charge in [0.05, 0.1) is 6.54 Å². The Hall–Kier alpha value is -2.76. The van der Waals surface area contributed by atoms with E-state index in [1.54, 1.807) is 12.1 Å². The minimum absolute atomic E-state index is 0.120. The number of carbonyl (C=O) groups excluding carboxylic acids is 2. The van der Waals surface area contributed by atoms with Gasteiger partial charge in [-0.25, -0.2) is 8.78 Å². The lowest BCUT2D eigenvalue weighted by molar-refractivity contribution is -0.115. The maximum atomic E-state index is 13.1. The van der Waals surface area contributed by atoms with E-state index in [0.29, 0.717) is 5.56 Å². The predicted octanol–water partition coefficient (Wildman–Crippen LogP) is 2.95. The number of hydrogen-bond acceptors (Lipinski definition) is 2. The summed E-state index contributed by atoms with van der Waals surface area (Å²) in [7, 11) is 0. The summed E-state index contributed by atoms with van der Waals surface area (Å²) < 4.78 is 25.9. The largest absolute Gasteiger partial charge is 0.343 e. The van der Waals surface area contributed by atoms with E-state index >= 15 is 0 Å². The Kier molecular flexibility index (Phi) is 5.05. The molecule has 0 radical (unpaired) electrons. The first-order valence-corrected chi connectivity index (χ1v) is 6.98. The zero-order valence-electron chi connectivity index (χ0n) is 12.7. The molecule has 0 fully saturated rings. The molecular weight excluding hydrogens is 302 g/mol. The molecule has 2 N–H and O–H groups in total. The van der Waals surface area contributed by atoms with Crippen LogP contribution in [0.3, 0.4) is 0 Å². The molecule has 0 spiro atoms. The molecule has 0 aromatic heterocycles. The molecule has 0 bridgehead atoms. The molecule has 4 nitrogen and oxygen atoms in total. The SMILES string of the molecule is Cc1cccc(C(=O)NCC(=O)Nc2ccc(F)c(F)c2)c1C. The fraction of sp³-hybridized carbons (Fsp3) is 0.176. The summed E-state index contributed by atoms with van der Waals surface area (Å²) in [4.78, 5) is 23.8. The van der Waals surface area contributed by atoms with Gasteiger partial charge in [-0.05, 0) is 43.2 Å². The van der Waals surface area contributed by atoms with E-state index < -0.39 is 17.5 Å². The van der Waals surface area contributed by atoms with Gasteiger partial charge in [-0.2, -0.15) is 0 Å². The minimum atomic E-state index is -1.05. The van der Waals surface area contributed by atoms with Crippen molar-refractivity contribution < 1.29 is 18.4 Å². The Labute approximate surface area is 132 Å². The number of halogens is 2. The van der Waals surface area contributed by atoms with Gasteiger partial charge in [-0.1, -0.05) is 12.1 Å². The first-order valence-electron chi connectivity index (χ1n) is 6.98. The van der Waals surface area contributed by atoms with Crippen molar-refractivity contribution in [2.45, 2.75) is 13.8 Å². The minimum Gasteiger partial charge on any atom is -0.343 e. The summed E-state index contributed by atoms with van der Waals surface area (Å²) in [5, 5.41) is 4.88. The van der Waals surface area contributed by atoms with Crippen LogP contribution in [-0.2, 0) is 4.79 Å². The van der Waals surface area contributed by atoms with Crippen LogP contribution in [-0.4, -0.2) is 18.4 Å². The number of nitrogens with one attached hydrogen (secondary N) is 2. The smallest absolute Gasteiger partial charge is 0.251 e. The molecule has 6 heteroatoms. The van der Waals surface area contributed by atoms with Crippen LogP contribution >= 0.6 is 0 Å². The summed E-state index contributed by atoms with van der Waals surface area (Å²) in [5.74, 6) is -2.95. The predicted molar refractivity (Wildman–Crippen MR) is 83.2 cm³/mol. The number of amides is 2. The van der Waals surface area contributed by atoms with Crippen molar-refractivity contribution in [2.24, 2.45) is 0 Å². The van der Waals surface area contributed by atoms with Crippen molar-refractivity contribution in [3.8, 4) is 0 Å². The molecule has 0 saturated carbocycles. The van der Waals surface area contributed by atoms with Crippen LogP contribution in [0.25, 0.3) is 0 Å². The third kappa shape index (κ3) is 4.12. The van der Waals surface area contributed by atoms with Crippen molar-refractivity contribution in [1.82, 2.24) is 5.32 Å². The van der Waals surface area contributed by atoms with Crippen molar-refractivity contribution in [3.63, 3.8) is 0 Å². The van der Waals surface area contributed by atoms with Gasteiger partial charge in [0.1, 0.15) is 0 Å². The van der Waals surface area contributed by atoms with Crippen molar-refractivity contribution in [2.75, 3.05) is 11.9 Å². The van der Waals surface area contributed by atoms with Gasteiger partial charge in [-0.3, -0.25) is 9.59 Å². The lowest BCUT2D eigenvalue weighted by atomic mass is 10.0. The molecule has 0 aliphatic carbocycles. The van der Waals surface area contributed by atoms with E-state index in [-0.39, 0.29) is 18.1 Å². The second kappa shape index (κ2) is 7.00. The Balaban J connectivity index is 1.94. The van der Waals surface area contributed by atoms with E-state index in [1.165, 1.54) is 6.07 Å². The zero-order chi connectivity index (χ0) is 17.0. The van der Waals surface area contributed by atoms with E-state index in [1.807, 2.05) is 19.9 Å². The number of anilines is 1. The number of aryl methyl sites for hydroxylation is 1. The normalized spacial score (nSPS) is 10.3. The molecule has 0 saturated heterocycles. The fourth-order valence-corrected chi connectivity index (χ4v) is 2.03. The lowest BCUT2D eigenvalue weighted by Gasteiger charge is -2.10. The number of carbonyl (C=O) groups is 2. The molecule has 2 aromatic carbocycles. The Morgan fingerprint density at radius 1 is 1.04 bits per heavy atom. The Morgan fingerprint density at radius 2 is 1.78 bits per heavy atom. The van der Waals surface area contributed by atoms with Crippen LogP contribution in [0.15, 0.2) is 36.4 Å². The highest BCUT2D eigenvalue weighted by molar-refractivity contribution is 6.00. The lowest BCUT2D eigenvalue weighted by Crippen LogP contribution is -2.33. The molecule has 0 aliphatic heterocycles. The molecule has 23 heavy (non-hydrogen) atoms. The van der Waals surface area contributed by atoms with Gasteiger partial charge < -0.3 is 10.6 Å². The monoisotopic (exact) mass is 318 g/mol. The van der Waals surface area contributed by atoms with Gasteiger partial charge in [-0.15, -0.1) is 0 Å². The molecule has 0 heterocycles. The van der Waals surface area contributed by atoms with Gasteiger partial charge >= 0.3 is 0 Å². The van der Waals surface area contributed by atoms with Crippen molar-refractivity contribution in [1.29, 1.82) is 0 Å². The number of benzene rings is 2. The van der Waals surface area contributed by atoms with Crippen LogP contribution in [0.5, 0.6) is 0 Å². The quantitative estimate of drug-likeness (QED) is 0.910. The van der Waals surface area contributed by atoms with Crippen LogP contribution in [0.1, 0.15) is 21.5 Å². The third-order valence-electron chi connectivity index (χ3n) is 3.46. The van der Waals surface area contributed by atoms with Gasteiger partial charge in [0.15, 0.2) is 11.6 Å². The molecular formula is C17H16F2N2O2. The van der Waals surface area contributed by atoms with Gasteiger partial charge in [0, 0.05) is 17.3 Å². The Morgan fingerprint density at radius 3 is 2.48 bits per heavy atom. The first kappa shape index (κ1) is 16.6. The van der Waals surface area contributed by atoms with Crippen LogP contribution in [0.4, 0.5) is 14.5 Å². The third-order valence-corrected chi connectivity index (χ3v) is 3.46. The highest BCUT2D eigenvalue weighted by Gasteiger charge is 2.12. The first-order chi connectivity index (χ1) is 10.9. The highest BCUT2D eigenvalue weighted by Crippen LogP contribution is 2.13. The van der Waals surface area contributed by atoms with Gasteiger partial charge in [0.2, 0.25) is 5.91 Å². The summed E-state index contributed by atoms with van der Waals surface area (Å²) in [6.45, 7) is 3.44. The maximum absolute atomic E-state index is 13.1. The van der Waals surface area contributed by atoms with E-state index in [9.17, 15) is 18.4 Å². The molecule has 0 aliphatic rings. The highest BCUT2D eigenvalue weighted by atomic mass is 19.2. The summed E-state index contributed by atoms with van der Waals surface area (Å²) in [6.07, 6.45) is 0. The van der Waals surface area contributed by atoms with E-state index in [4.69, 9.17) is 0 Å². The molecule has 2 rings (SSSR count). The topological polar surface area (TPSA) is 58.2 Å². The van der Waals surface area contributed by atoms with Crippen molar-refractivity contribution >= 4 is 17.5 Å². The fourth-order valence-electron chi connectivity index (χ4n) is 2.03. The van der Waals surface area contributed by atoms with Crippen LogP contribution < -0.4 is 10.6 Å². The molecule has 2 aromatic rings. The standard InChI is InChI=1S/C17H16F2N2O2/c1-10-4-3-5-13(11(10)2)17(23)20-9-16(22)21-12-6-7-14(18)15(19)8-12/h3-8H,9H2,1-2H3,(H,20,23)(H,21,22). The molecule has 2 amide bonds. The van der Waals surface area contributed by atoms with Crippen molar-refractivity contribution in [3.05, 3.63) is 64.7 Å². The van der Waals surface area contributed by atoms with E-state index in [0.717, 1.165) is 23.3 Å². The number of hydrogen-bond donors (Lipinski definition) is 2. The second-order valence-corrected chi connectivity index (χ2v) is 5.11. The van der Waals surface area contributed by atoms with Crippen LogP contribution in [0, 0.1) is 25.5 Å². The van der Waals surface area contributed by atoms with Gasteiger partial charge in [0.25, 0.3) is 5.91 Å². The summed E-state index contributed by atoms with van der Waals surface area (Å²) in [5.41, 5.74) is 2.43. The average molecular weight is 318 g/mol. The maximum Gasteiger partial charge on any atom is 0.251 e. The molecule has 0 unspecified atom stereocenters. The zero-order valence-corrected chi connectivity index (χ0v) is 12.7.